The molecule has 1 unspecified atom stereocenters. The molecule has 1 N–H and O–H groups in total. The van der Waals surface area contributed by atoms with E-state index in [1.807, 2.05) is 0 Å². The molecule has 2 rings (SSSR count). The highest BCUT2D eigenvalue weighted by atomic mass is 32.1. The van der Waals surface area contributed by atoms with Gasteiger partial charge in [0.1, 0.15) is 11.8 Å². The number of aromatic nitrogens is 2. The quantitative estimate of drug-likeness (QED) is 0.761. The number of nitrogens with zero attached hydrogens (tertiary/aromatic N) is 2. The Labute approximate surface area is 75.8 Å². The molecule has 0 radical (unpaired) electrons. The minimum absolute atomic E-state index is 0.369. The van der Waals surface area contributed by atoms with Crippen molar-refractivity contribution in [2.75, 3.05) is 0 Å². The number of aliphatic hydroxyl groups excluding tert-OH is 1. The van der Waals surface area contributed by atoms with E-state index in [9.17, 15) is 5.11 Å². The van der Waals surface area contributed by atoms with Gasteiger partial charge < -0.3 is 5.11 Å². The van der Waals surface area contributed by atoms with Crippen LogP contribution in [-0.4, -0.2) is 13.9 Å². The average molecular weight is 184 g/mol. The van der Waals surface area contributed by atoms with Gasteiger partial charge in [-0.3, -0.25) is 0 Å². The largest absolute Gasteiger partial charge is 0.386 e. The van der Waals surface area contributed by atoms with Gasteiger partial charge in [-0.05, 0) is 18.8 Å². The van der Waals surface area contributed by atoms with Crippen LogP contribution in [0.3, 0.4) is 0 Å². The van der Waals surface area contributed by atoms with Crippen LogP contribution in [0.15, 0.2) is 6.20 Å². The van der Waals surface area contributed by atoms with E-state index in [4.69, 9.17) is 0 Å². The van der Waals surface area contributed by atoms with Crippen LogP contribution in [0.1, 0.15) is 37.5 Å². The van der Waals surface area contributed by atoms with Crippen LogP contribution in [0.25, 0.3) is 0 Å². The molecule has 1 heterocycles. The maximum absolute atomic E-state index is 9.81. The first-order chi connectivity index (χ1) is 5.88. The summed E-state index contributed by atoms with van der Waals surface area (Å²) in [5.41, 5.74) is 0.756. The molecule has 0 spiro atoms. The molecule has 4 heteroatoms. The molecule has 0 amide bonds. The fourth-order valence-electron chi connectivity index (χ4n) is 1.82. The van der Waals surface area contributed by atoms with Gasteiger partial charge >= 0.3 is 0 Å². The van der Waals surface area contributed by atoms with E-state index < -0.39 is 0 Å². The fraction of sp³-hybridized carbons (Fsp3) is 0.750. The molecule has 1 aromatic heterocycles. The van der Waals surface area contributed by atoms with Gasteiger partial charge in [0.05, 0.1) is 17.9 Å². The third-order valence-corrected chi connectivity index (χ3v) is 3.02. The predicted octanol–water partition coefficient (Wildman–Crippen LogP) is 1.76. The predicted molar refractivity (Wildman–Crippen MR) is 46.8 cm³/mol. The second-order valence-electron chi connectivity index (χ2n) is 3.32. The number of hydrogen-bond acceptors (Lipinski definition) is 4. The van der Waals surface area contributed by atoms with Gasteiger partial charge in [-0.15, -0.1) is 0 Å². The highest BCUT2D eigenvalue weighted by Gasteiger charge is 2.25. The van der Waals surface area contributed by atoms with E-state index in [1.54, 1.807) is 6.20 Å². The molecule has 66 valence electrons. The summed E-state index contributed by atoms with van der Waals surface area (Å²) >= 11 is 1.17. The maximum atomic E-state index is 9.81. The van der Waals surface area contributed by atoms with Gasteiger partial charge in [-0.25, -0.2) is 0 Å². The Balaban J connectivity index is 2.04. The van der Waals surface area contributed by atoms with Crippen LogP contribution < -0.4 is 0 Å². The molecule has 1 fully saturated rings. The lowest BCUT2D eigenvalue weighted by Gasteiger charge is -2.14. The highest BCUT2D eigenvalue weighted by Crippen LogP contribution is 2.34. The second-order valence-corrected chi connectivity index (χ2v) is 3.88. The molecule has 1 aromatic rings. The Morgan fingerprint density at radius 1 is 1.50 bits per heavy atom. The first-order valence-electron chi connectivity index (χ1n) is 4.33. The van der Waals surface area contributed by atoms with Crippen LogP contribution >= 0.6 is 11.7 Å². The lowest BCUT2D eigenvalue weighted by atomic mass is 9.99. The third kappa shape index (κ3) is 1.49. The number of rotatable bonds is 2. The number of hydrogen-bond donors (Lipinski definition) is 1. The summed E-state index contributed by atoms with van der Waals surface area (Å²) in [6.07, 6.45) is 6.08. The van der Waals surface area contributed by atoms with Crippen molar-refractivity contribution in [2.45, 2.75) is 31.8 Å². The summed E-state index contributed by atoms with van der Waals surface area (Å²) < 4.78 is 7.93. The Kier molecular flexibility index (Phi) is 2.37. The summed E-state index contributed by atoms with van der Waals surface area (Å²) in [7, 11) is 0. The van der Waals surface area contributed by atoms with Crippen molar-refractivity contribution in [1.29, 1.82) is 0 Å². The molecule has 0 aliphatic heterocycles. The molecule has 1 aliphatic rings. The SMILES string of the molecule is OC(c1cnsn1)C1CCCC1. The Morgan fingerprint density at radius 2 is 2.25 bits per heavy atom. The van der Waals surface area contributed by atoms with Crippen LogP contribution in [0, 0.1) is 5.92 Å². The van der Waals surface area contributed by atoms with Crippen molar-refractivity contribution >= 4 is 11.7 Å². The minimum Gasteiger partial charge on any atom is -0.386 e. The van der Waals surface area contributed by atoms with E-state index in [2.05, 4.69) is 8.75 Å². The van der Waals surface area contributed by atoms with Crippen molar-refractivity contribution in [1.82, 2.24) is 8.75 Å². The zero-order valence-corrected chi connectivity index (χ0v) is 7.63. The van der Waals surface area contributed by atoms with Crippen LogP contribution in [0.2, 0.25) is 0 Å². The lowest BCUT2D eigenvalue weighted by molar-refractivity contribution is 0.108. The Hall–Kier alpha value is -0.480. The van der Waals surface area contributed by atoms with E-state index >= 15 is 0 Å². The molecular formula is C8H12N2OS. The molecule has 12 heavy (non-hydrogen) atoms. The molecule has 1 atom stereocenters. The van der Waals surface area contributed by atoms with Gasteiger partial charge in [0.15, 0.2) is 0 Å². The summed E-state index contributed by atoms with van der Waals surface area (Å²) in [4.78, 5) is 0. The van der Waals surface area contributed by atoms with Gasteiger partial charge in [0.25, 0.3) is 0 Å². The van der Waals surface area contributed by atoms with Crippen LogP contribution in [0.5, 0.6) is 0 Å². The van der Waals surface area contributed by atoms with Gasteiger partial charge in [0.2, 0.25) is 0 Å². The lowest BCUT2D eigenvalue weighted by Crippen LogP contribution is -2.08. The van der Waals surface area contributed by atoms with Gasteiger partial charge in [0, 0.05) is 0 Å². The van der Waals surface area contributed by atoms with Crippen molar-refractivity contribution in [3.05, 3.63) is 11.9 Å². The first-order valence-corrected chi connectivity index (χ1v) is 5.06. The number of aliphatic hydroxyl groups is 1. The smallest absolute Gasteiger partial charge is 0.103 e. The zero-order valence-electron chi connectivity index (χ0n) is 6.81. The van der Waals surface area contributed by atoms with E-state index in [1.165, 1.54) is 24.6 Å². The van der Waals surface area contributed by atoms with E-state index in [-0.39, 0.29) is 6.10 Å². The summed E-state index contributed by atoms with van der Waals surface area (Å²) in [6, 6.07) is 0. The zero-order chi connectivity index (χ0) is 8.39. The van der Waals surface area contributed by atoms with Crippen LogP contribution in [0.4, 0.5) is 0 Å². The maximum Gasteiger partial charge on any atom is 0.103 e. The topological polar surface area (TPSA) is 46.0 Å². The molecule has 0 saturated heterocycles. The molecular weight excluding hydrogens is 172 g/mol. The normalized spacial score (nSPS) is 21.4. The standard InChI is InChI=1S/C8H12N2OS/c11-8(6-3-1-2-4-6)7-5-9-12-10-7/h5-6,8,11H,1-4H2. The average Bonchev–Trinajstić information content (AvgIpc) is 2.77. The summed E-state index contributed by atoms with van der Waals surface area (Å²) in [5, 5.41) is 9.81. The van der Waals surface area contributed by atoms with E-state index in [0.29, 0.717) is 5.92 Å². The summed E-state index contributed by atoms with van der Waals surface area (Å²) in [5.74, 6) is 0.425. The van der Waals surface area contributed by atoms with Gasteiger partial charge in [-0.2, -0.15) is 8.75 Å². The van der Waals surface area contributed by atoms with Crippen molar-refractivity contribution in [3.63, 3.8) is 0 Å². The summed E-state index contributed by atoms with van der Waals surface area (Å²) in [6.45, 7) is 0. The third-order valence-electron chi connectivity index (χ3n) is 2.53. The molecule has 1 aliphatic carbocycles. The highest BCUT2D eigenvalue weighted by molar-refractivity contribution is 6.99. The molecule has 1 saturated carbocycles. The van der Waals surface area contributed by atoms with Crippen molar-refractivity contribution in [2.24, 2.45) is 5.92 Å². The molecule has 3 nitrogen and oxygen atoms in total. The Bertz CT molecular complexity index is 231. The van der Waals surface area contributed by atoms with Crippen LogP contribution in [-0.2, 0) is 0 Å². The minimum atomic E-state index is -0.369. The molecule has 0 aromatic carbocycles. The monoisotopic (exact) mass is 184 g/mol. The first kappa shape index (κ1) is 8.13. The molecule has 0 bridgehead atoms. The Morgan fingerprint density at radius 3 is 2.83 bits per heavy atom. The fourth-order valence-corrected chi connectivity index (χ4v) is 2.27. The van der Waals surface area contributed by atoms with Crippen molar-refractivity contribution in [3.8, 4) is 0 Å². The van der Waals surface area contributed by atoms with E-state index in [0.717, 1.165) is 18.5 Å². The van der Waals surface area contributed by atoms with Crippen molar-refractivity contribution < 1.29 is 5.11 Å². The second kappa shape index (κ2) is 3.49. The van der Waals surface area contributed by atoms with Gasteiger partial charge in [-0.1, -0.05) is 12.8 Å².